The summed E-state index contributed by atoms with van der Waals surface area (Å²) >= 11 is 0. The van der Waals surface area contributed by atoms with Crippen molar-refractivity contribution >= 4 is 20.4 Å². The molecule has 0 atom stereocenters. The Hall–Kier alpha value is -1.54. The molecule has 1 aromatic carbocycles. The minimum absolute atomic E-state index is 0.0270. The predicted molar refractivity (Wildman–Crippen MR) is 68.2 cm³/mol. The molecule has 0 aliphatic heterocycles. The molecule has 0 bridgehead atoms. The zero-order valence-electron chi connectivity index (χ0n) is 10.6. The Morgan fingerprint density at radius 2 is 1.72 bits per heavy atom. The van der Waals surface area contributed by atoms with Crippen molar-refractivity contribution in [1.29, 1.82) is 0 Å². The lowest BCUT2D eigenvalue weighted by Crippen LogP contribution is -2.15. The van der Waals surface area contributed by atoms with Crippen LogP contribution < -0.4 is 0 Å². The van der Waals surface area contributed by atoms with Crippen LogP contribution in [0.25, 0.3) is 0 Å². The molecule has 0 spiro atoms. The summed E-state index contributed by atoms with van der Waals surface area (Å²) < 4.78 is 14.9. The average molecular weight is 266 g/mol. The van der Waals surface area contributed by atoms with Crippen LogP contribution in [0, 0.1) is 20.8 Å². The van der Waals surface area contributed by atoms with E-state index in [1.54, 1.807) is 13.8 Å². The summed E-state index contributed by atoms with van der Waals surface area (Å²) in [6, 6.07) is 3.73. The number of ether oxygens (including phenoxy) is 1. The summed E-state index contributed by atoms with van der Waals surface area (Å²) in [5.41, 5.74) is 3.05. The highest BCUT2D eigenvalue weighted by Gasteiger charge is 2.17. The van der Waals surface area contributed by atoms with Crippen LogP contribution in [0.5, 0.6) is 0 Å². The van der Waals surface area contributed by atoms with Gasteiger partial charge in [-0.2, -0.15) is 0 Å². The number of carbonyl (C=O) groups excluding carboxylic acids is 2. The highest BCUT2D eigenvalue weighted by atomic mass is 31.1. The Morgan fingerprint density at radius 1 is 1.17 bits per heavy atom. The Bertz CT molecular complexity index is 471. The topological polar surface area (TPSA) is 60.4 Å². The van der Waals surface area contributed by atoms with Gasteiger partial charge in [-0.1, -0.05) is 17.7 Å². The second kappa shape index (κ2) is 6.41. The summed E-state index contributed by atoms with van der Waals surface area (Å²) in [7, 11) is -0.128. The van der Waals surface area contributed by atoms with E-state index in [-0.39, 0.29) is 21.0 Å². The minimum Gasteiger partial charge on any atom is -0.389 e. The molecule has 0 aliphatic rings. The summed E-state index contributed by atoms with van der Waals surface area (Å²) in [5.74, 6) is -1.29. The van der Waals surface area contributed by atoms with Gasteiger partial charge in [-0.25, -0.2) is 4.79 Å². The summed E-state index contributed by atoms with van der Waals surface area (Å²) in [4.78, 5) is 23.1. The van der Waals surface area contributed by atoms with Crippen LogP contribution in [-0.2, 0) is 14.1 Å². The number of benzene rings is 1. The molecular formula is C13H15O4P. The fourth-order valence-corrected chi connectivity index (χ4v) is 2.12. The SMILES string of the molecule is Cc1cc(C)c(C(=O)OC(=O)CCP=O)c(C)c1. The molecule has 4 nitrogen and oxygen atoms in total. The van der Waals surface area contributed by atoms with E-state index in [1.807, 2.05) is 19.1 Å². The Labute approximate surface area is 108 Å². The molecule has 0 heterocycles. The van der Waals surface area contributed by atoms with Gasteiger partial charge in [-0.05, 0) is 31.9 Å². The number of hydrogen-bond acceptors (Lipinski definition) is 4. The van der Waals surface area contributed by atoms with Gasteiger partial charge < -0.3 is 4.74 Å². The van der Waals surface area contributed by atoms with E-state index in [0.29, 0.717) is 5.56 Å². The van der Waals surface area contributed by atoms with Gasteiger partial charge >= 0.3 is 11.9 Å². The molecule has 96 valence electrons. The van der Waals surface area contributed by atoms with Crippen LogP contribution in [0.4, 0.5) is 0 Å². The van der Waals surface area contributed by atoms with Gasteiger partial charge in [0.25, 0.3) is 0 Å². The van der Waals surface area contributed by atoms with Crippen molar-refractivity contribution in [3.05, 3.63) is 34.4 Å². The lowest BCUT2D eigenvalue weighted by atomic mass is 10.00. The number of rotatable bonds is 4. The van der Waals surface area contributed by atoms with Gasteiger partial charge in [-0.3, -0.25) is 9.36 Å². The van der Waals surface area contributed by atoms with Crippen molar-refractivity contribution in [2.75, 3.05) is 6.16 Å². The molecule has 0 unspecified atom stereocenters. The summed E-state index contributed by atoms with van der Waals surface area (Å²) in [5, 5.41) is 0. The molecule has 1 rings (SSSR count). The van der Waals surface area contributed by atoms with Gasteiger partial charge in [0, 0.05) is 6.16 Å². The maximum Gasteiger partial charge on any atom is 0.346 e. The van der Waals surface area contributed by atoms with E-state index in [4.69, 9.17) is 4.74 Å². The van der Waals surface area contributed by atoms with Crippen molar-refractivity contribution in [3.8, 4) is 0 Å². The van der Waals surface area contributed by atoms with Gasteiger partial charge in [0.1, 0.15) is 0 Å². The van der Waals surface area contributed by atoms with Crippen molar-refractivity contribution in [1.82, 2.24) is 0 Å². The fourth-order valence-electron chi connectivity index (χ4n) is 1.84. The van der Waals surface area contributed by atoms with Crippen molar-refractivity contribution < 1.29 is 18.9 Å². The fraction of sp³-hybridized carbons (Fsp3) is 0.385. The Morgan fingerprint density at radius 3 is 2.22 bits per heavy atom. The van der Waals surface area contributed by atoms with Gasteiger partial charge in [-0.15, -0.1) is 0 Å². The second-order valence-corrected chi connectivity index (χ2v) is 4.84. The molecule has 1 aromatic rings. The molecule has 0 fully saturated rings. The zero-order chi connectivity index (χ0) is 13.7. The predicted octanol–water partition coefficient (Wildman–Crippen LogP) is 2.98. The average Bonchev–Trinajstić information content (AvgIpc) is 2.24. The Balaban J connectivity index is 2.85. The number of esters is 2. The normalized spacial score (nSPS) is 10.4. The molecule has 18 heavy (non-hydrogen) atoms. The Kier molecular flexibility index (Phi) is 5.17. The monoisotopic (exact) mass is 266 g/mol. The lowest BCUT2D eigenvalue weighted by molar-refractivity contribution is -0.137. The van der Waals surface area contributed by atoms with E-state index >= 15 is 0 Å². The lowest BCUT2D eigenvalue weighted by Gasteiger charge is -2.09. The first-order valence-electron chi connectivity index (χ1n) is 5.57. The molecule has 0 radical (unpaired) electrons. The highest BCUT2D eigenvalue weighted by molar-refractivity contribution is 7.23. The third kappa shape index (κ3) is 3.74. The van der Waals surface area contributed by atoms with Crippen LogP contribution >= 0.6 is 8.46 Å². The summed E-state index contributed by atoms with van der Waals surface area (Å²) in [6.07, 6.45) is 0.138. The zero-order valence-corrected chi connectivity index (χ0v) is 11.5. The third-order valence-corrected chi connectivity index (χ3v) is 2.90. The van der Waals surface area contributed by atoms with Crippen LogP contribution in [0.2, 0.25) is 0 Å². The maximum atomic E-state index is 11.8. The van der Waals surface area contributed by atoms with Crippen molar-refractivity contribution in [2.24, 2.45) is 0 Å². The van der Waals surface area contributed by atoms with Gasteiger partial charge in [0.15, 0.2) is 8.46 Å². The van der Waals surface area contributed by atoms with Crippen molar-refractivity contribution in [3.63, 3.8) is 0 Å². The summed E-state index contributed by atoms with van der Waals surface area (Å²) in [6.45, 7) is 5.54. The number of aryl methyl sites for hydroxylation is 3. The maximum absolute atomic E-state index is 11.8. The van der Waals surface area contributed by atoms with Gasteiger partial charge in [0.2, 0.25) is 0 Å². The van der Waals surface area contributed by atoms with E-state index in [9.17, 15) is 14.2 Å². The molecular weight excluding hydrogens is 251 g/mol. The van der Waals surface area contributed by atoms with Crippen LogP contribution in [0.3, 0.4) is 0 Å². The molecule has 0 saturated carbocycles. The van der Waals surface area contributed by atoms with E-state index in [2.05, 4.69) is 0 Å². The van der Waals surface area contributed by atoms with Crippen LogP contribution in [0.15, 0.2) is 12.1 Å². The molecule has 5 heteroatoms. The smallest absolute Gasteiger partial charge is 0.346 e. The van der Waals surface area contributed by atoms with E-state index in [1.165, 1.54) is 0 Å². The largest absolute Gasteiger partial charge is 0.389 e. The molecule has 0 amide bonds. The second-order valence-electron chi connectivity index (χ2n) is 4.14. The first-order valence-corrected chi connectivity index (χ1v) is 6.57. The van der Waals surface area contributed by atoms with E-state index in [0.717, 1.165) is 16.7 Å². The first-order chi connectivity index (χ1) is 8.45. The molecule has 0 aliphatic carbocycles. The minimum atomic E-state index is -0.650. The number of carbonyl (C=O) groups is 2. The highest BCUT2D eigenvalue weighted by Crippen LogP contribution is 2.17. The molecule has 0 aromatic heterocycles. The molecule has 0 saturated heterocycles. The van der Waals surface area contributed by atoms with E-state index < -0.39 is 11.9 Å². The van der Waals surface area contributed by atoms with Gasteiger partial charge in [0.05, 0.1) is 12.0 Å². The van der Waals surface area contributed by atoms with Crippen LogP contribution in [-0.4, -0.2) is 18.1 Å². The first kappa shape index (κ1) is 14.5. The third-order valence-electron chi connectivity index (χ3n) is 2.49. The van der Waals surface area contributed by atoms with Crippen LogP contribution in [0.1, 0.15) is 33.5 Å². The number of hydrogen-bond donors (Lipinski definition) is 0. The quantitative estimate of drug-likeness (QED) is 0.477. The van der Waals surface area contributed by atoms with Crippen molar-refractivity contribution in [2.45, 2.75) is 27.2 Å². The molecule has 0 N–H and O–H groups in total. The standard InChI is InChI=1S/C13H15O4P/c1-8-6-9(2)12(10(3)7-8)13(15)17-11(14)4-5-18-16/h6-7H,4-5H2,1-3H3.